The molecule has 1 N–H and O–H groups in total. The maximum atomic E-state index is 12.6. The second-order valence-corrected chi connectivity index (χ2v) is 6.25. The van der Waals surface area contributed by atoms with Crippen molar-refractivity contribution in [3.8, 4) is 0 Å². The molecule has 2 aromatic carbocycles. The minimum Gasteiger partial charge on any atom is -0.349 e. The summed E-state index contributed by atoms with van der Waals surface area (Å²) in [5.41, 5.74) is 2.50. The van der Waals surface area contributed by atoms with Crippen LogP contribution in [0.3, 0.4) is 0 Å². The number of likely N-dealkylation sites (N-methyl/N-ethyl adjacent to an activating group) is 1. The number of nitrogens with one attached hydrogen (secondary N) is 1. The van der Waals surface area contributed by atoms with E-state index < -0.39 is 0 Å². The Hall–Kier alpha value is -2.72. The molecule has 0 aliphatic carbocycles. The molecule has 0 saturated carbocycles. The van der Waals surface area contributed by atoms with Gasteiger partial charge in [-0.05, 0) is 30.8 Å². The normalized spacial score (nSPS) is 12.3. The molecule has 0 fully saturated rings. The number of rotatable bonds is 7. The van der Waals surface area contributed by atoms with Gasteiger partial charge in [0.25, 0.3) is 5.91 Å². The fourth-order valence-electron chi connectivity index (χ4n) is 3.27. The van der Waals surface area contributed by atoms with Crippen LogP contribution in [0.2, 0.25) is 0 Å². The quantitative estimate of drug-likeness (QED) is 0.701. The van der Waals surface area contributed by atoms with Crippen LogP contribution in [-0.4, -0.2) is 35.4 Å². The summed E-state index contributed by atoms with van der Waals surface area (Å²) in [5, 5.41) is 4.10. The summed E-state index contributed by atoms with van der Waals surface area (Å²) in [6, 6.07) is 22.0. The summed E-state index contributed by atoms with van der Waals surface area (Å²) in [6.07, 6.45) is 0. The van der Waals surface area contributed by atoms with Crippen LogP contribution in [0.5, 0.6) is 0 Å². The first-order valence-corrected chi connectivity index (χ1v) is 9.16. The third-order valence-electron chi connectivity index (χ3n) is 4.72. The first-order chi connectivity index (χ1) is 12.7. The van der Waals surface area contributed by atoms with Crippen LogP contribution in [0.25, 0.3) is 10.9 Å². The lowest BCUT2D eigenvalue weighted by Gasteiger charge is -2.30. The summed E-state index contributed by atoms with van der Waals surface area (Å²) in [5.74, 6) is -0.135. The molecule has 0 saturated heterocycles. The van der Waals surface area contributed by atoms with E-state index in [9.17, 15) is 4.79 Å². The van der Waals surface area contributed by atoms with E-state index in [0.717, 1.165) is 24.0 Å². The van der Waals surface area contributed by atoms with Crippen molar-refractivity contribution in [2.75, 3.05) is 19.6 Å². The van der Waals surface area contributed by atoms with E-state index in [1.54, 1.807) is 6.07 Å². The molecule has 0 spiro atoms. The van der Waals surface area contributed by atoms with Crippen LogP contribution in [0.4, 0.5) is 0 Å². The topological polar surface area (TPSA) is 45.2 Å². The number of benzene rings is 2. The van der Waals surface area contributed by atoms with Crippen molar-refractivity contribution < 1.29 is 4.79 Å². The molecule has 3 aromatic rings. The highest BCUT2D eigenvalue weighted by atomic mass is 16.1. The Bertz CT molecular complexity index is 859. The molecule has 1 amide bonds. The van der Waals surface area contributed by atoms with Gasteiger partial charge in [-0.1, -0.05) is 68.4 Å². The molecular formula is C22H25N3O. The number of fused-ring (bicyclic) bond motifs is 1. The lowest BCUT2D eigenvalue weighted by atomic mass is 10.0. The molecule has 1 atom stereocenters. The van der Waals surface area contributed by atoms with E-state index in [1.807, 2.05) is 48.5 Å². The highest BCUT2D eigenvalue weighted by molar-refractivity contribution is 5.94. The lowest BCUT2D eigenvalue weighted by Crippen LogP contribution is -2.38. The highest BCUT2D eigenvalue weighted by Gasteiger charge is 2.19. The molecule has 4 heteroatoms. The minimum absolute atomic E-state index is 0.135. The molecule has 1 heterocycles. The molecule has 0 aliphatic rings. The monoisotopic (exact) mass is 347 g/mol. The van der Waals surface area contributed by atoms with Crippen LogP contribution in [0.1, 0.15) is 35.9 Å². The van der Waals surface area contributed by atoms with E-state index >= 15 is 0 Å². The maximum absolute atomic E-state index is 12.6. The number of carbonyl (C=O) groups excluding carboxylic acids is 1. The largest absolute Gasteiger partial charge is 0.349 e. The van der Waals surface area contributed by atoms with Gasteiger partial charge in [0.05, 0.1) is 11.6 Å². The van der Waals surface area contributed by atoms with E-state index in [-0.39, 0.29) is 11.9 Å². The number of para-hydroxylation sites is 1. The zero-order chi connectivity index (χ0) is 18.4. The zero-order valence-electron chi connectivity index (χ0n) is 15.4. The Balaban J connectivity index is 1.76. The average molecular weight is 347 g/mol. The molecule has 0 radical (unpaired) electrons. The number of carbonyl (C=O) groups is 1. The van der Waals surface area contributed by atoms with Crippen LogP contribution < -0.4 is 5.32 Å². The van der Waals surface area contributed by atoms with Crippen LogP contribution >= 0.6 is 0 Å². The number of amides is 1. The van der Waals surface area contributed by atoms with Gasteiger partial charge in [0.2, 0.25) is 0 Å². The van der Waals surface area contributed by atoms with Crippen molar-refractivity contribution >= 4 is 16.8 Å². The molecule has 26 heavy (non-hydrogen) atoms. The van der Waals surface area contributed by atoms with Gasteiger partial charge in [0, 0.05) is 11.9 Å². The molecule has 4 nitrogen and oxygen atoms in total. The number of hydrogen-bond acceptors (Lipinski definition) is 3. The fourth-order valence-corrected chi connectivity index (χ4v) is 3.27. The van der Waals surface area contributed by atoms with Crippen molar-refractivity contribution in [2.24, 2.45) is 0 Å². The lowest BCUT2D eigenvalue weighted by molar-refractivity contribution is 0.0930. The Kier molecular flexibility index (Phi) is 5.97. The SMILES string of the molecule is CCN(CC)C(CNC(=O)c1ccc2ccccc2n1)c1ccccc1. The summed E-state index contributed by atoms with van der Waals surface area (Å²) >= 11 is 0. The van der Waals surface area contributed by atoms with Crippen molar-refractivity contribution in [2.45, 2.75) is 19.9 Å². The average Bonchev–Trinajstić information content (AvgIpc) is 2.71. The van der Waals surface area contributed by atoms with Gasteiger partial charge in [0.1, 0.15) is 5.69 Å². The molecular weight excluding hydrogens is 322 g/mol. The van der Waals surface area contributed by atoms with Gasteiger partial charge < -0.3 is 5.32 Å². The fraction of sp³-hybridized carbons (Fsp3) is 0.273. The molecule has 0 aliphatic heterocycles. The number of pyridine rings is 1. The first kappa shape index (κ1) is 18.1. The summed E-state index contributed by atoms with van der Waals surface area (Å²) in [7, 11) is 0. The van der Waals surface area contributed by atoms with E-state index in [2.05, 4.69) is 41.2 Å². The third-order valence-corrected chi connectivity index (χ3v) is 4.72. The van der Waals surface area contributed by atoms with Crippen molar-refractivity contribution in [3.63, 3.8) is 0 Å². The second-order valence-electron chi connectivity index (χ2n) is 6.25. The van der Waals surface area contributed by atoms with Gasteiger partial charge >= 0.3 is 0 Å². The van der Waals surface area contributed by atoms with E-state index in [0.29, 0.717) is 12.2 Å². The summed E-state index contributed by atoms with van der Waals surface area (Å²) in [6.45, 7) is 6.71. The van der Waals surface area contributed by atoms with Gasteiger partial charge in [-0.2, -0.15) is 0 Å². The Morgan fingerprint density at radius 1 is 0.962 bits per heavy atom. The van der Waals surface area contributed by atoms with Crippen LogP contribution in [-0.2, 0) is 0 Å². The predicted octanol–water partition coefficient (Wildman–Crippen LogP) is 4.05. The number of nitrogens with zero attached hydrogens (tertiary/aromatic N) is 2. The van der Waals surface area contributed by atoms with Crippen molar-refractivity contribution in [1.82, 2.24) is 15.2 Å². The third kappa shape index (κ3) is 4.09. The Morgan fingerprint density at radius 3 is 2.38 bits per heavy atom. The Labute approximate surface area is 154 Å². The van der Waals surface area contributed by atoms with Gasteiger partial charge in [-0.25, -0.2) is 4.98 Å². The van der Waals surface area contributed by atoms with Gasteiger partial charge in [-0.15, -0.1) is 0 Å². The smallest absolute Gasteiger partial charge is 0.269 e. The Morgan fingerprint density at radius 2 is 1.65 bits per heavy atom. The number of aromatic nitrogens is 1. The predicted molar refractivity (Wildman–Crippen MR) is 106 cm³/mol. The molecule has 0 bridgehead atoms. The highest BCUT2D eigenvalue weighted by Crippen LogP contribution is 2.19. The minimum atomic E-state index is -0.135. The van der Waals surface area contributed by atoms with Gasteiger partial charge in [-0.3, -0.25) is 9.69 Å². The van der Waals surface area contributed by atoms with Gasteiger partial charge in [0.15, 0.2) is 0 Å². The van der Waals surface area contributed by atoms with Crippen LogP contribution in [0.15, 0.2) is 66.7 Å². The maximum Gasteiger partial charge on any atom is 0.269 e. The van der Waals surface area contributed by atoms with E-state index in [1.165, 1.54) is 5.56 Å². The molecule has 3 rings (SSSR count). The second kappa shape index (κ2) is 8.59. The van der Waals surface area contributed by atoms with Crippen molar-refractivity contribution in [1.29, 1.82) is 0 Å². The van der Waals surface area contributed by atoms with Crippen molar-refractivity contribution in [3.05, 3.63) is 78.0 Å². The molecule has 1 aromatic heterocycles. The molecule has 134 valence electrons. The van der Waals surface area contributed by atoms with E-state index in [4.69, 9.17) is 0 Å². The first-order valence-electron chi connectivity index (χ1n) is 9.16. The van der Waals surface area contributed by atoms with Crippen LogP contribution in [0, 0.1) is 0 Å². The molecule has 1 unspecified atom stereocenters. The zero-order valence-corrected chi connectivity index (χ0v) is 15.4. The standard InChI is InChI=1S/C22H25N3O/c1-3-25(4-2)21(18-11-6-5-7-12-18)16-23-22(26)20-15-14-17-10-8-9-13-19(17)24-20/h5-15,21H,3-4,16H2,1-2H3,(H,23,26). The summed E-state index contributed by atoms with van der Waals surface area (Å²) < 4.78 is 0. The summed E-state index contributed by atoms with van der Waals surface area (Å²) in [4.78, 5) is 19.5. The number of hydrogen-bond donors (Lipinski definition) is 1.